The fourth-order valence-electron chi connectivity index (χ4n) is 2.36. The lowest BCUT2D eigenvalue weighted by Gasteiger charge is -2.22. The Morgan fingerprint density at radius 1 is 1.58 bits per heavy atom. The molecule has 0 bridgehead atoms. The van der Waals surface area contributed by atoms with Gasteiger partial charge in [0.25, 0.3) is 0 Å². The predicted octanol–water partition coefficient (Wildman–Crippen LogP) is 0.591. The number of nitrogens with zero attached hydrogens (tertiary/aromatic N) is 3. The molecule has 1 saturated heterocycles. The minimum absolute atomic E-state index is 0.376. The van der Waals surface area contributed by atoms with E-state index in [1.54, 1.807) is 12.3 Å². The summed E-state index contributed by atoms with van der Waals surface area (Å²) in [5, 5.41) is 0. The molecule has 1 aliphatic heterocycles. The molecule has 0 radical (unpaired) electrons. The van der Waals surface area contributed by atoms with Crippen molar-refractivity contribution in [2.75, 3.05) is 44.9 Å². The Hall–Kier alpha value is -1.82. The first kappa shape index (κ1) is 13.6. The number of pyridine rings is 1. The largest absolute Gasteiger partial charge is 0.465 e. The summed E-state index contributed by atoms with van der Waals surface area (Å²) >= 11 is 0. The van der Waals surface area contributed by atoms with Crippen molar-refractivity contribution >= 4 is 17.5 Å². The third-order valence-corrected chi connectivity index (χ3v) is 3.57. The van der Waals surface area contributed by atoms with Crippen LogP contribution < -0.4 is 10.6 Å². The van der Waals surface area contributed by atoms with E-state index >= 15 is 0 Å². The van der Waals surface area contributed by atoms with Crippen LogP contribution in [-0.2, 0) is 4.74 Å². The first-order valence-electron chi connectivity index (χ1n) is 6.28. The van der Waals surface area contributed by atoms with Crippen molar-refractivity contribution < 1.29 is 9.53 Å². The van der Waals surface area contributed by atoms with Crippen LogP contribution in [0.3, 0.4) is 0 Å². The van der Waals surface area contributed by atoms with Crippen molar-refractivity contribution in [1.82, 2.24) is 9.88 Å². The molecule has 0 aliphatic carbocycles. The molecule has 19 heavy (non-hydrogen) atoms. The van der Waals surface area contributed by atoms with E-state index in [2.05, 4.69) is 28.9 Å². The molecule has 0 amide bonds. The summed E-state index contributed by atoms with van der Waals surface area (Å²) in [5.74, 6) is 0.247. The van der Waals surface area contributed by atoms with Crippen molar-refractivity contribution in [3.8, 4) is 0 Å². The lowest BCUT2D eigenvalue weighted by Crippen LogP contribution is -2.32. The number of nitrogen functional groups attached to an aromatic ring is 1. The van der Waals surface area contributed by atoms with Gasteiger partial charge >= 0.3 is 5.97 Å². The molecule has 0 spiro atoms. The van der Waals surface area contributed by atoms with Crippen LogP contribution in [0.2, 0.25) is 0 Å². The van der Waals surface area contributed by atoms with Gasteiger partial charge in [0.15, 0.2) is 5.82 Å². The summed E-state index contributed by atoms with van der Waals surface area (Å²) < 4.78 is 4.72. The van der Waals surface area contributed by atoms with Gasteiger partial charge in [-0.15, -0.1) is 0 Å². The number of likely N-dealkylation sites (N-methyl/N-ethyl adjacent to an activating group) is 1. The Balaban J connectivity index is 2.24. The van der Waals surface area contributed by atoms with Crippen LogP contribution in [0.1, 0.15) is 16.8 Å². The van der Waals surface area contributed by atoms with Crippen molar-refractivity contribution in [3.63, 3.8) is 0 Å². The van der Waals surface area contributed by atoms with E-state index in [1.807, 2.05) is 0 Å². The smallest absolute Gasteiger partial charge is 0.340 e. The summed E-state index contributed by atoms with van der Waals surface area (Å²) in [4.78, 5) is 20.2. The highest BCUT2D eigenvalue weighted by Gasteiger charge is 2.27. The van der Waals surface area contributed by atoms with E-state index in [4.69, 9.17) is 10.5 Å². The summed E-state index contributed by atoms with van der Waals surface area (Å²) in [6, 6.07) is 2.08. The van der Waals surface area contributed by atoms with E-state index < -0.39 is 5.97 Å². The SMILES string of the molecule is COC(=O)c1ccnc(N2CCC(N(C)C)C2)c1N. The molecule has 1 fully saturated rings. The second kappa shape index (κ2) is 5.44. The van der Waals surface area contributed by atoms with Gasteiger partial charge in [-0.2, -0.15) is 0 Å². The number of carbonyl (C=O) groups excluding carboxylic acids is 1. The summed E-state index contributed by atoms with van der Waals surface area (Å²) in [6.07, 6.45) is 2.66. The Bertz CT molecular complexity index is 476. The number of aromatic nitrogens is 1. The number of anilines is 2. The molecule has 1 aromatic heterocycles. The average Bonchev–Trinajstić information content (AvgIpc) is 2.87. The van der Waals surface area contributed by atoms with Gasteiger partial charge in [0, 0.05) is 25.3 Å². The molecule has 104 valence electrons. The van der Waals surface area contributed by atoms with E-state index in [-0.39, 0.29) is 0 Å². The van der Waals surface area contributed by atoms with Crippen molar-refractivity contribution in [2.24, 2.45) is 0 Å². The predicted molar refractivity (Wildman–Crippen MR) is 74.3 cm³/mol. The lowest BCUT2D eigenvalue weighted by molar-refractivity contribution is 0.0602. The van der Waals surface area contributed by atoms with Gasteiger partial charge in [0.05, 0.1) is 18.4 Å². The van der Waals surface area contributed by atoms with Crippen LogP contribution in [0.4, 0.5) is 11.5 Å². The van der Waals surface area contributed by atoms with Gasteiger partial charge in [-0.05, 0) is 26.6 Å². The van der Waals surface area contributed by atoms with Crippen LogP contribution >= 0.6 is 0 Å². The number of hydrogen-bond acceptors (Lipinski definition) is 6. The average molecular weight is 264 g/mol. The summed E-state index contributed by atoms with van der Waals surface area (Å²) in [5.41, 5.74) is 6.82. The minimum atomic E-state index is -0.426. The zero-order valence-corrected chi connectivity index (χ0v) is 11.6. The first-order valence-corrected chi connectivity index (χ1v) is 6.28. The maximum atomic E-state index is 11.6. The molecule has 0 aromatic carbocycles. The highest BCUT2D eigenvalue weighted by Crippen LogP contribution is 2.28. The van der Waals surface area contributed by atoms with E-state index in [9.17, 15) is 4.79 Å². The Labute approximate surface area is 113 Å². The molecule has 6 nitrogen and oxygen atoms in total. The van der Waals surface area contributed by atoms with Crippen LogP contribution in [0.15, 0.2) is 12.3 Å². The molecule has 1 aliphatic rings. The minimum Gasteiger partial charge on any atom is -0.465 e. The zero-order valence-electron chi connectivity index (χ0n) is 11.6. The lowest BCUT2D eigenvalue weighted by atomic mass is 10.2. The number of esters is 1. The topological polar surface area (TPSA) is 71.7 Å². The molecule has 1 unspecified atom stereocenters. The number of rotatable bonds is 3. The van der Waals surface area contributed by atoms with E-state index in [0.717, 1.165) is 19.5 Å². The Kier molecular flexibility index (Phi) is 3.90. The van der Waals surface area contributed by atoms with Gasteiger partial charge in [0.2, 0.25) is 0 Å². The van der Waals surface area contributed by atoms with Gasteiger partial charge in [-0.25, -0.2) is 9.78 Å². The van der Waals surface area contributed by atoms with Crippen LogP contribution in [0.25, 0.3) is 0 Å². The Morgan fingerprint density at radius 2 is 2.32 bits per heavy atom. The number of carbonyl (C=O) groups is 1. The number of hydrogen-bond donors (Lipinski definition) is 1. The van der Waals surface area contributed by atoms with E-state index in [0.29, 0.717) is 23.1 Å². The number of nitrogens with two attached hydrogens (primary N) is 1. The van der Waals surface area contributed by atoms with Crippen LogP contribution in [-0.4, -0.2) is 56.2 Å². The van der Waals surface area contributed by atoms with Crippen LogP contribution in [0, 0.1) is 0 Å². The highest BCUT2D eigenvalue weighted by molar-refractivity contribution is 5.97. The monoisotopic (exact) mass is 264 g/mol. The summed E-state index contributed by atoms with van der Waals surface area (Å²) in [6.45, 7) is 1.76. The Morgan fingerprint density at radius 3 is 2.89 bits per heavy atom. The summed E-state index contributed by atoms with van der Waals surface area (Å²) in [7, 11) is 5.48. The van der Waals surface area contributed by atoms with Crippen molar-refractivity contribution in [2.45, 2.75) is 12.5 Å². The third-order valence-electron chi connectivity index (χ3n) is 3.57. The van der Waals surface area contributed by atoms with Gasteiger partial charge in [-0.3, -0.25) is 0 Å². The fraction of sp³-hybridized carbons (Fsp3) is 0.538. The molecular formula is C13H20N4O2. The van der Waals surface area contributed by atoms with E-state index in [1.165, 1.54) is 7.11 Å². The maximum absolute atomic E-state index is 11.6. The highest BCUT2D eigenvalue weighted by atomic mass is 16.5. The first-order chi connectivity index (χ1) is 9.04. The molecule has 0 saturated carbocycles. The molecule has 2 heterocycles. The third kappa shape index (κ3) is 2.63. The van der Waals surface area contributed by atoms with Gasteiger partial charge in [-0.1, -0.05) is 0 Å². The molecule has 2 N–H and O–H groups in total. The quantitative estimate of drug-likeness (QED) is 0.806. The zero-order chi connectivity index (χ0) is 14.0. The molecule has 2 rings (SSSR count). The number of methoxy groups -OCH3 is 1. The fourth-order valence-corrected chi connectivity index (χ4v) is 2.36. The number of ether oxygens (including phenoxy) is 1. The van der Waals surface area contributed by atoms with Crippen molar-refractivity contribution in [3.05, 3.63) is 17.8 Å². The maximum Gasteiger partial charge on any atom is 0.340 e. The van der Waals surface area contributed by atoms with Crippen molar-refractivity contribution in [1.29, 1.82) is 0 Å². The normalized spacial score (nSPS) is 18.9. The second-order valence-electron chi connectivity index (χ2n) is 4.94. The molecular weight excluding hydrogens is 244 g/mol. The molecule has 1 aromatic rings. The van der Waals surface area contributed by atoms with Gasteiger partial charge < -0.3 is 20.3 Å². The van der Waals surface area contributed by atoms with Gasteiger partial charge in [0.1, 0.15) is 0 Å². The second-order valence-corrected chi connectivity index (χ2v) is 4.94. The molecule has 6 heteroatoms. The standard InChI is InChI=1S/C13H20N4O2/c1-16(2)9-5-7-17(8-9)12-11(14)10(4-6-15-12)13(18)19-3/h4,6,9H,5,7-8,14H2,1-3H3. The molecule has 1 atom stereocenters. The van der Waals surface area contributed by atoms with Crippen LogP contribution in [0.5, 0.6) is 0 Å².